The van der Waals surface area contributed by atoms with Gasteiger partial charge in [-0.25, -0.2) is 18.7 Å². The molecule has 18 heteroatoms. The van der Waals surface area contributed by atoms with E-state index in [4.69, 9.17) is 11.6 Å². The van der Waals surface area contributed by atoms with Crippen molar-refractivity contribution in [2.75, 3.05) is 5.32 Å². The molecule has 6 heterocycles. The lowest BCUT2D eigenvalue weighted by Gasteiger charge is -2.20. The fraction of sp³-hybridized carbons (Fsp3) is 0.235. The van der Waals surface area contributed by atoms with E-state index < -0.39 is 40.8 Å². The van der Waals surface area contributed by atoms with Crippen LogP contribution >= 0.6 is 11.6 Å². The minimum atomic E-state index is -4.71. The first-order valence-corrected chi connectivity index (χ1v) is 16.4. The summed E-state index contributed by atoms with van der Waals surface area (Å²) in [6.07, 6.45) is 3.44. The van der Waals surface area contributed by atoms with Crippen molar-refractivity contribution >= 4 is 23.2 Å². The molecule has 0 radical (unpaired) electrons. The van der Waals surface area contributed by atoms with Gasteiger partial charge in [-0.05, 0) is 43.2 Å². The molecule has 52 heavy (non-hydrogen) atoms. The highest BCUT2D eigenvalue weighted by Crippen LogP contribution is 2.34. The number of anilines is 1. The van der Waals surface area contributed by atoms with E-state index in [-0.39, 0.29) is 44.9 Å². The average molecular weight is 735 g/mol. The topological polar surface area (TPSA) is 158 Å². The van der Waals surface area contributed by atoms with Crippen LogP contribution in [0.15, 0.2) is 83.2 Å². The molecule has 0 saturated heterocycles. The van der Waals surface area contributed by atoms with Gasteiger partial charge in [0, 0.05) is 46.6 Å². The Bertz CT molecular complexity index is 2440. The van der Waals surface area contributed by atoms with Crippen LogP contribution in [0.25, 0.3) is 33.9 Å². The molecular formula is C34H27ClF4N10O3. The van der Waals surface area contributed by atoms with Crippen molar-refractivity contribution in [3.63, 3.8) is 0 Å². The maximum absolute atomic E-state index is 14.8. The van der Waals surface area contributed by atoms with Crippen LogP contribution in [-0.4, -0.2) is 50.2 Å². The molecule has 1 aliphatic rings. The highest BCUT2D eigenvalue weighted by molar-refractivity contribution is 6.31. The highest BCUT2D eigenvalue weighted by atomic mass is 35.5. The third kappa shape index (κ3) is 6.86. The van der Waals surface area contributed by atoms with Crippen LogP contribution < -0.4 is 16.4 Å². The summed E-state index contributed by atoms with van der Waals surface area (Å²) in [4.78, 5) is 50.5. The zero-order valence-electron chi connectivity index (χ0n) is 27.1. The molecule has 1 aromatic carbocycles. The summed E-state index contributed by atoms with van der Waals surface area (Å²) in [5.74, 6) is -1.41. The van der Waals surface area contributed by atoms with Crippen molar-refractivity contribution in [3.05, 3.63) is 117 Å². The second-order valence-electron chi connectivity index (χ2n) is 12.3. The average Bonchev–Trinajstić information content (AvgIpc) is 3.78. The minimum Gasteiger partial charge on any atom is -0.326 e. The van der Waals surface area contributed by atoms with Crippen LogP contribution in [0.1, 0.15) is 50.0 Å². The lowest BCUT2D eigenvalue weighted by Crippen LogP contribution is -2.26. The van der Waals surface area contributed by atoms with Crippen molar-refractivity contribution in [1.82, 2.24) is 44.3 Å². The Hall–Kier alpha value is -5.97. The van der Waals surface area contributed by atoms with Gasteiger partial charge in [-0.3, -0.25) is 23.9 Å². The van der Waals surface area contributed by atoms with Crippen LogP contribution in [0.2, 0.25) is 5.02 Å². The number of halogens is 5. The summed E-state index contributed by atoms with van der Waals surface area (Å²) in [6.45, 7) is 1.79. The number of nitrogens with one attached hydrogen (secondary N) is 2. The predicted molar refractivity (Wildman–Crippen MR) is 181 cm³/mol. The monoisotopic (exact) mass is 734 g/mol. The molecule has 13 nitrogen and oxygen atoms in total. The number of nitrogens with zero attached hydrogens (tertiary/aromatic N) is 8. The van der Waals surface area contributed by atoms with Gasteiger partial charge in [0.05, 0.1) is 47.5 Å². The number of carbonyl (C=O) groups excluding carboxylic acids is 1. The zero-order valence-corrected chi connectivity index (χ0v) is 27.9. The van der Waals surface area contributed by atoms with Gasteiger partial charge in [0.15, 0.2) is 11.5 Å². The number of pyridine rings is 2. The number of fused-ring (bicyclic) bond motifs is 4. The van der Waals surface area contributed by atoms with Crippen LogP contribution in [0, 0.1) is 11.7 Å². The van der Waals surface area contributed by atoms with Gasteiger partial charge in [-0.15, -0.1) is 5.10 Å². The van der Waals surface area contributed by atoms with Crippen LogP contribution in [0.3, 0.4) is 0 Å². The van der Waals surface area contributed by atoms with Crippen LogP contribution in [0.4, 0.5) is 23.2 Å². The Balaban J connectivity index is 1.30. The number of aromatic amines is 1. The normalized spacial score (nSPS) is 16.7. The molecule has 7 rings (SSSR count). The Morgan fingerprint density at radius 1 is 0.942 bits per heavy atom. The van der Waals surface area contributed by atoms with Gasteiger partial charge >= 0.3 is 6.18 Å². The third-order valence-corrected chi connectivity index (χ3v) is 8.95. The molecule has 1 aliphatic heterocycles. The van der Waals surface area contributed by atoms with E-state index >= 15 is 0 Å². The van der Waals surface area contributed by atoms with Crippen LogP contribution in [-0.2, 0) is 11.0 Å². The number of hydrogen-bond donors (Lipinski definition) is 2. The summed E-state index contributed by atoms with van der Waals surface area (Å²) in [5.41, 5.74) is -0.279. The molecule has 0 spiro atoms. The number of H-pyrrole nitrogens is 1. The Morgan fingerprint density at radius 2 is 1.75 bits per heavy atom. The molecule has 2 N–H and O–H groups in total. The maximum atomic E-state index is 14.8. The van der Waals surface area contributed by atoms with E-state index in [0.29, 0.717) is 36.9 Å². The zero-order chi connectivity index (χ0) is 36.7. The van der Waals surface area contributed by atoms with Crippen molar-refractivity contribution in [2.24, 2.45) is 5.92 Å². The first-order chi connectivity index (χ1) is 24.9. The van der Waals surface area contributed by atoms with Gasteiger partial charge in [-0.2, -0.15) is 18.3 Å². The van der Waals surface area contributed by atoms with Crippen LogP contribution in [0.5, 0.6) is 0 Å². The van der Waals surface area contributed by atoms with E-state index in [2.05, 4.69) is 35.7 Å². The molecule has 5 aromatic heterocycles. The molecule has 266 valence electrons. The van der Waals surface area contributed by atoms with E-state index in [1.165, 1.54) is 52.2 Å². The summed E-state index contributed by atoms with van der Waals surface area (Å²) in [7, 11) is 0. The summed E-state index contributed by atoms with van der Waals surface area (Å²) in [5, 5.41) is 14.5. The largest absolute Gasteiger partial charge is 0.436 e. The number of rotatable bonds is 4. The Labute approximate surface area is 295 Å². The summed E-state index contributed by atoms with van der Waals surface area (Å²) in [6, 6.07) is 9.41. The predicted octanol–water partition coefficient (Wildman–Crippen LogP) is 5.98. The Kier molecular flexibility index (Phi) is 9.04. The summed E-state index contributed by atoms with van der Waals surface area (Å²) < 4.78 is 58.1. The molecule has 2 bridgehead atoms. The maximum Gasteiger partial charge on any atom is 0.436 e. The molecular weight excluding hydrogens is 708 g/mol. The Morgan fingerprint density at radius 3 is 2.52 bits per heavy atom. The molecule has 0 unspecified atom stereocenters. The molecule has 0 saturated carbocycles. The van der Waals surface area contributed by atoms with E-state index in [0.717, 1.165) is 23.1 Å². The van der Waals surface area contributed by atoms with Gasteiger partial charge in [0.2, 0.25) is 11.5 Å². The first-order valence-electron chi connectivity index (χ1n) is 16.0. The van der Waals surface area contributed by atoms with Gasteiger partial charge < -0.3 is 10.3 Å². The first kappa shape index (κ1) is 34.5. The number of benzene rings is 1. The molecule has 0 aliphatic carbocycles. The molecule has 2 atom stereocenters. The van der Waals surface area contributed by atoms with Gasteiger partial charge in [-0.1, -0.05) is 36.6 Å². The highest BCUT2D eigenvalue weighted by Gasteiger charge is 2.35. The number of alkyl halides is 3. The SMILES string of the molecule is C[C@@H]1CCCC[C@H](n2cnc(-c3cc(Cl)ccc3-n3cc(C(F)(F)F)nn3)cc2=O)c2cc(ccn2)-c2nn(-c3cc(=O)[nH]cc3F)cc2NC1=O. The fourth-order valence-electron chi connectivity index (χ4n) is 6.02. The number of hydrogen-bond acceptors (Lipinski definition) is 8. The van der Waals surface area contributed by atoms with E-state index in [1.54, 1.807) is 19.1 Å². The lowest BCUT2D eigenvalue weighted by atomic mass is 9.99. The number of aromatic nitrogens is 9. The standard InChI is InChI=1S/C34H27ClF4N10O3/c1-18-4-2-3-5-27(24-10-19(8-9-40-24)32-25(43-33(18)52)15-48(45-32)28-13-30(50)41-14-22(28)36)47-17-42-23(12-31(47)51)21-11-20(35)6-7-26(21)49-16-29(44-46-49)34(37,38)39/h6-18,27H,2-5H2,1H3,(H,41,50)(H,43,52)/t18-,27+/m1/s1. The van der Waals surface area contributed by atoms with E-state index in [9.17, 15) is 31.9 Å². The van der Waals surface area contributed by atoms with Crippen molar-refractivity contribution in [2.45, 2.75) is 44.8 Å². The second-order valence-corrected chi connectivity index (χ2v) is 12.7. The molecule has 1 amide bonds. The van der Waals surface area contributed by atoms with Crippen molar-refractivity contribution in [3.8, 4) is 33.9 Å². The van der Waals surface area contributed by atoms with Crippen molar-refractivity contribution in [1.29, 1.82) is 0 Å². The third-order valence-electron chi connectivity index (χ3n) is 8.72. The van der Waals surface area contributed by atoms with Crippen molar-refractivity contribution < 1.29 is 22.4 Å². The molecule has 6 aromatic rings. The number of carbonyl (C=O) groups is 1. The summed E-state index contributed by atoms with van der Waals surface area (Å²) >= 11 is 6.26. The fourth-order valence-corrected chi connectivity index (χ4v) is 6.19. The van der Waals surface area contributed by atoms with E-state index in [1.807, 2.05) is 0 Å². The van der Waals surface area contributed by atoms with Gasteiger partial charge in [0.1, 0.15) is 11.4 Å². The quantitative estimate of drug-likeness (QED) is 0.210. The number of amides is 1. The second kappa shape index (κ2) is 13.6. The smallest absolute Gasteiger partial charge is 0.326 e. The van der Waals surface area contributed by atoms with Gasteiger partial charge in [0.25, 0.3) is 5.56 Å². The molecule has 0 fully saturated rings. The lowest BCUT2D eigenvalue weighted by molar-refractivity contribution is -0.141. The minimum absolute atomic E-state index is 0.128.